The molecule has 0 radical (unpaired) electrons. The van der Waals surface area contributed by atoms with Crippen LogP contribution in [0.2, 0.25) is 0 Å². The van der Waals surface area contributed by atoms with Gasteiger partial charge in [0, 0.05) is 25.6 Å². The lowest BCUT2D eigenvalue weighted by Crippen LogP contribution is -2.43. The summed E-state index contributed by atoms with van der Waals surface area (Å²) in [6, 6.07) is -0.314. The molecule has 2 amide bonds. The van der Waals surface area contributed by atoms with Gasteiger partial charge in [-0.15, -0.1) is 0 Å². The Morgan fingerprint density at radius 2 is 2.05 bits per heavy atom. The number of urea groups is 1. The average Bonchev–Trinajstić information content (AvgIpc) is 2.71. The first-order valence-corrected chi connectivity index (χ1v) is 6.78. The van der Waals surface area contributed by atoms with Gasteiger partial charge >= 0.3 is 12.0 Å². The smallest absolute Gasteiger partial charge is 0.314 e. The normalized spacial score (nSPS) is 24.2. The second kappa shape index (κ2) is 7.33. The molecule has 3 atom stereocenters. The number of hydrogen-bond donors (Lipinski definition) is 3. The van der Waals surface area contributed by atoms with Gasteiger partial charge in [-0.2, -0.15) is 0 Å². The highest BCUT2D eigenvalue weighted by Gasteiger charge is 2.25. The van der Waals surface area contributed by atoms with Gasteiger partial charge in [0.15, 0.2) is 0 Å². The number of carbonyl (C=O) groups is 2. The third kappa shape index (κ3) is 5.06. The van der Waals surface area contributed by atoms with Crippen LogP contribution in [0.3, 0.4) is 0 Å². The second-order valence-electron chi connectivity index (χ2n) is 5.40. The summed E-state index contributed by atoms with van der Waals surface area (Å²) >= 11 is 0. The summed E-state index contributed by atoms with van der Waals surface area (Å²) in [5.41, 5.74) is 0. The van der Waals surface area contributed by atoms with Gasteiger partial charge in [0.05, 0.1) is 12.0 Å². The Hall–Kier alpha value is -1.30. The van der Waals surface area contributed by atoms with Crippen LogP contribution in [0.5, 0.6) is 0 Å². The maximum Gasteiger partial charge on any atom is 0.314 e. The van der Waals surface area contributed by atoms with Gasteiger partial charge in [-0.3, -0.25) is 4.79 Å². The van der Waals surface area contributed by atoms with Gasteiger partial charge in [-0.25, -0.2) is 4.79 Å². The maximum absolute atomic E-state index is 11.6. The highest BCUT2D eigenvalue weighted by Crippen LogP contribution is 2.19. The molecule has 0 bridgehead atoms. The zero-order chi connectivity index (χ0) is 14.4. The molecule has 1 aliphatic rings. The Morgan fingerprint density at radius 3 is 2.53 bits per heavy atom. The lowest BCUT2D eigenvalue weighted by molar-refractivity contribution is -0.142. The number of nitrogens with one attached hydrogen (secondary N) is 2. The van der Waals surface area contributed by atoms with E-state index in [4.69, 9.17) is 9.84 Å². The number of ether oxygens (including phenoxy) is 1. The number of carboxylic acid groups (broad SMARTS) is 1. The van der Waals surface area contributed by atoms with Crippen LogP contribution in [0.1, 0.15) is 27.2 Å². The lowest BCUT2D eigenvalue weighted by Gasteiger charge is -2.18. The number of amides is 2. The van der Waals surface area contributed by atoms with E-state index in [0.29, 0.717) is 12.5 Å². The summed E-state index contributed by atoms with van der Waals surface area (Å²) in [6.07, 6.45) is 1.12. The zero-order valence-electron chi connectivity index (χ0n) is 11.8. The average molecular weight is 272 g/mol. The molecule has 6 nitrogen and oxygen atoms in total. The van der Waals surface area contributed by atoms with Crippen LogP contribution in [0.25, 0.3) is 0 Å². The van der Waals surface area contributed by atoms with Gasteiger partial charge in [0.1, 0.15) is 0 Å². The fourth-order valence-corrected chi connectivity index (χ4v) is 2.14. The van der Waals surface area contributed by atoms with E-state index in [-0.39, 0.29) is 24.6 Å². The molecule has 3 N–H and O–H groups in total. The van der Waals surface area contributed by atoms with E-state index in [1.165, 1.54) is 0 Å². The molecule has 0 spiro atoms. The number of carbonyl (C=O) groups excluding carboxylic acids is 1. The summed E-state index contributed by atoms with van der Waals surface area (Å²) in [5.74, 6) is -1.11. The van der Waals surface area contributed by atoms with Crippen molar-refractivity contribution in [2.75, 3.05) is 19.7 Å². The van der Waals surface area contributed by atoms with Crippen LogP contribution in [-0.2, 0) is 9.53 Å². The van der Waals surface area contributed by atoms with Crippen molar-refractivity contribution >= 4 is 12.0 Å². The SMILES string of the molecule is CC(C)C(CNC(=O)NCC1CCOC1C)C(=O)O. The Labute approximate surface area is 113 Å². The minimum Gasteiger partial charge on any atom is -0.481 e. The molecular formula is C13H24N2O4. The topological polar surface area (TPSA) is 87.7 Å². The van der Waals surface area contributed by atoms with Crippen LogP contribution in [0, 0.1) is 17.8 Å². The number of hydrogen-bond acceptors (Lipinski definition) is 3. The monoisotopic (exact) mass is 272 g/mol. The van der Waals surface area contributed by atoms with Crippen LogP contribution < -0.4 is 10.6 Å². The first-order chi connectivity index (χ1) is 8.91. The summed E-state index contributed by atoms with van der Waals surface area (Å²) in [4.78, 5) is 22.6. The van der Waals surface area contributed by atoms with Crippen molar-refractivity contribution < 1.29 is 19.4 Å². The lowest BCUT2D eigenvalue weighted by atomic mass is 9.96. The van der Waals surface area contributed by atoms with Crippen LogP contribution in [-0.4, -0.2) is 42.9 Å². The van der Waals surface area contributed by atoms with E-state index in [1.807, 2.05) is 20.8 Å². The molecule has 6 heteroatoms. The standard InChI is InChI=1S/C13H24N2O4/c1-8(2)11(12(16)17)7-15-13(18)14-6-10-4-5-19-9(10)3/h8-11H,4-7H2,1-3H3,(H,16,17)(H2,14,15,18). The largest absolute Gasteiger partial charge is 0.481 e. The van der Waals surface area contributed by atoms with E-state index in [1.54, 1.807) is 0 Å². The molecule has 1 fully saturated rings. The molecule has 0 aromatic rings. The Morgan fingerprint density at radius 1 is 1.37 bits per heavy atom. The van der Waals surface area contributed by atoms with Crippen molar-refractivity contribution in [2.45, 2.75) is 33.3 Å². The number of aliphatic carboxylic acids is 1. The van der Waals surface area contributed by atoms with Crippen molar-refractivity contribution in [1.29, 1.82) is 0 Å². The Bertz CT molecular complexity index is 320. The third-order valence-corrected chi connectivity index (χ3v) is 3.66. The van der Waals surface area contributed by atoms with E-state index >= 15 is 0 Å². The maximum atomic E-state index is 11.6. The van der Waals surface area contributed by atoms with Gasteiger partial charge in [-0.05, 0) is 19.3 Å². The molecule has 110 valence electrons. The fraction of sp³-hybridized carbons (Fsp3) is 0.846. The minimum absolute atomic E-state index is 0.0129. The van der Waals surface area contributed by atoms with E-state index in [0.717, 1.165) is 13.0 Å². The summed E-state index contributed by atoms with van der Waals surface area (Å²) < 4.78 is 5.41. The van der Waals surface area contributed by atoms with Crippen molar-refractivity contribution in [3.63, 3.8) is 0 Å². The van der Waals surface area contributed by atoms with Crippen LogP contribution in [0.4, 0.5) is 4.79 Å². The molecule has 1 heterocycles. The van der Waals surface area contributed by atoms with Gasteiger partial charge in [0.25, 0.3) is 0 Å². The first kappa shape index (κ1) is 15.8. The van der Waals surface area contributed by atoms with E-state index in [9.17, 15) is 9.59 Å². The van der Waals surface area contributed by atoms with Gasteiger partial charge in [0.2, 0.25) is 0 Å². The molecule has 0 aliphatic carbocycles. The first-order valence-electron chi connectivity index (χ1n) is 6.78. The van der Waals surface area contributed by atoms with Gasteiger partial charge < -0.3 is 20.5 Å². The molecule has 0 aromatic heterocycles. The molecule has 0 aromatic carbocycles. The van der Waals surface area contributed by atoms with Gasteiger partial charge in [-0.1, -0.05) is 13.8 Å². The van der Waals surface area contributed by atoms with Crippen molar-refractivity contribution in [2.24, 2.45) is 17.8 Å². The Kier molecular flexibility index (Phi) is 6.08. The molecule has 1 aliphatic heterocycles. The second-order valence-corrected chi connectivity index (χ2v) is 5.40. The highest BCUT2D eigenvalue weighted by atomic mass is 16.5. The highest BCUT2D eigenvalue weighted by molar-refractivity contribution is 5.75. The summed E-state index contributed by atoms with van der Waals surface area (Å²) in [7, 11) is 0. The van der Waals surface area contributed by atoms with E-state index < -0.39 is 11.9 Å². The molecule has 3 unspecified atom stereocenters. The predicted octanol–water partition coefficient (Wildman–Crippen LogP) is 1.07. The number of rotatable bonds is 6. The van der Waals surface area contributed by atoms with Crippen molar-refractivity contribution in [3.05, 3.63) is 0 Å². The molecule has 1 rings (SSSR count). The van der Waals surface area contributed by atoms with Crippen LogP contribution in [0.15, 0.2) is 0 Å². The molecule has 19 heavy (non-hydrogen) atoms. The van der Waals surface area contributed by atoms with Crippen LogP contribution >= 0.6 is 0 Å². The third-order valence-electron chi connectivity index (χ3n) is 3.66. The number of carboxylic acids is 1. The quantitative estimate of drug-likeness (QED) is 0.675. The predicted molar refractivity (Wildman–Crippen MR) is 70.9 cm³/mol. The summed E-state index contributed by atoms with van der Waals surface area (Å²) in [5, 5.41) is 14.4. The molecular weight excluding hydrogens is 248 g/mol. The fourth-order valence-electron chi connectivity index (χ4n) is 2.14. The summed E-state index contributed by atoms with van der Waals surface area (Å²) in [6.45, 7) is 7.11. The molecule has 0 saturated carbocycles. The van der Waals surface area contributed by atoms with Crippen molar-refractivity contribution in [3.8, 4) is 0 Å². The Balaban J connectivity index is 2.25. The minimum atomic E-state index is -0.881. The van der Waals surface area contributed by atoms with E-state index in [2.05, 4.69) is 10.6 Å². The zero-order valence-corrected chi connectivity index (χ0v) is 11.8. The molecule has 1 saturated heterocycles. The van der Waals surface area contributed by atoms with Crippen molar-refractivity contribution in [1.82, 2.24) is 10.6 Å².